The first-order chi connectivity index (χ1) is 13.9. The lowest BCUT2D eigenvalue weighted by Gasteiger charge is -2.49. The lowest BCUT2D eigenvalue weighted by atomic mass is 10.0. The first-order valence-corrected chi connectivity index (χ1v) is 9.42. The number of nitrogens with zero attached hydrogens (tertiary/aromatic N) is 3. The maximum atomic E-state index is 12.9. The Kier molecular flexibility index (Phi) is 5.54. The lowest BCUT2D eigenvalue weighted by Crippen LogP contribution is -2.70. The van der Waals surface area contributed by atoms with E-state index in [4.69, 9.17) is 4.74 Å². The van der Waals surface area contributed by atoms with E-state index >= 15 is 0 Å². The molecule has 0 spiro atoms. The number of hydrogen-bond donors (Lipinski definition) is 2. The van der Waals surface area contributed by atoms with Gasteiger partial charge in [-0.3, -0.25) is 24.0 Å². The second-order valence-electron chi connectivity index (χ2n) is 6.43. The fourth-order valence-corrected chi connectivity index (χ4v) is 4.37. The molecule has 0 aromatic carbocycles. The molecular weight excluding hydrogens is 433 g/mol. The molecule has 0 unspecified atom stereocenters. The topological polar surface area (TPSA) is 131 Å². The first-order valence-electron chi connectivity index (χ1n) is 8.37. The summed E-state index contributed by atoms with van der Waals surface area (Å²) in [5.74, 6) is -3.64. The number of esters is 1. The number of carbonyl (C=O) groups is 4. The van der Waals surface area contributed by atoms with Crippen molar-refractivity contribution >= 4 is 35.5 Å². The zero-order chi connectivity index (χ0) is 22.4. The van der Waals surface area contributed by atoms with Crippen LogP contribution in [-0.4, -0.2) is 67.3 Å². The molecule has 1 fully saturated rings. The molecule has 2 N–H and O–H groups in total. The molecule has 14 heteroatoms. The number of carbonyl (C=O) groups excluding carboxylic acids is 3. The standard InChI is InChI=1S/C16H15F3N4O6S/c1-6(24)29-4-7-5-30-14-10(13(26)23(14)11(7)15(27)28)20-12(25)8-3-9(16(17,18)19)22(2)21-8/h3,10,14H,4-5H2,1-2H3,(H,20,25)(H,27,28)/t10-,14-/m0/s1. The summed E-state index contributed by atoms with van der Waals surface area (Å²) in [6.07, 6.45) is -4.71. The highest BCUT2D eigenvalue weighted by Crippen LogP contribution is 2.40. The minimum absolute atomic E-state index is 0.123. The number of β-lactam (4-membered cyclic amide) rings is 1. The van der Waals surface area contributed by atoms with E-state index in [2.05, 4.69) is 10.4 Å². The number of aromatic nitrogens is 2. The summed E-state index contributed by atoms with van der Waals surface area (Å²) in [5.41, 5.74) is -1.78. The Hall–Kier alpha value is -3.03. The summed E-state index contributed by atoms with van der Waals surface area (Å²) >= 11 is 1.13. The predicted octanol–water partition coefficient (Wildman–Crippen LogP) is 0.354. The molecule has 2 aliphatic rings. The monoisotopic (exact) mass is 448 g/mol. The van der Waals surface area contributed by atoms with Crippen LogP contribution in [0.4, 0.5) is 13.2 Å². The minimum Gasteiger partial charge on any atom is -0.477 e. The molecule has 3 rings (SSSR count). The molecular formula is C16H15F3N4O6S. The van der Waals surface area contributed by atoms with E-state index < -0.39 is 52.7 Å². The van der Waals surface area contributed by atoms with Crippen LogP contribution in [0.3, 0.4) is 0 Å². The van der Waals surface area contributed by atoms with Gasteiger partial charge >= 0.3 is 18.1 Å². The number of aryl methyl sites for hydroxylation is 1. The average Bonchev–Trinajstić information content (AvgIpc) is 3.05. The van der Waals surface area contributed by atoms with Gasteiger partial charge in [-0.05, 0) is 0 Å². The Labute approximate surface area is 171 Å². The Morgan fingerprint density at radius 1 is 1.40 bits per heavy atom. The van der Waals surface area contributed by atoms with Gasteiger partial charge in [-0.1, -0.05) is 0 Å². The second-order valence-corrected chi connectivity index (χ2v) is 7.54. The molecule has 0 aliphatic carbocycles. The zero-order valence-corrected chi connectivity index (χ0v) is 16.3. The number of aliphatic carboxylic acids is 1. The van der Waals surface area contributed by atoms with Crippen LogP contribution >= 0.6 is 11.8 Å². The Morgan fingerprint density at radius 3 is 2.60 bits per heavy atom. The van der Waals surface area contributed by atoms with Crippen molar-refractivity contribution in [3.05, 3.63) is 28.7 Å². The predicted molar refractivity (Wildman–Crippen MR) is 93.9 cm³/mol. The van der Waals surface area contributed by atoms with Crippen LogP contribution in [0.15, 0.2) is 17.3 Å². The molecule has 1 aromatic rings. The number of halogens is 3. The van der Waals surface area contributed by atoms with Crippen LogP contribution in [0.5, 0.6) is 0 Å². The van der Waals surface area contributed by atoms with Crippen LogP contribution in [0, 0.1) is 0 Å². The Morgan fingerprint density at radius 2 is 2.07 bits per heavy atom. The Balaban J connectivity index is 1.76. The van der Waals surface area contributed by atoms with E-state index in [1.807, 2.05) is 0 Å². The molecule has 1 saturated heterocycles. The van der Waals surface area contributed by atoms with E-state index in [1.54, 1.807) is 0 Å². The van der Waals surface area contributed by atoms with Crippen molar-refractivity contribution in [3.8, 4) is 0 Å². The van der Waals surface area contributed by atoms with Gasteiger partial charge in [0, 0.05) is 31.4 Å². The zero-order valence-electron chi connectivity index (χ0n) is 15.5. The summed E-state index contributed by atoms with van der Waals surface area (Å²) in [7, 11) is 1.03. The molecule has 2 amide bonds. The molecule has 30 heavy (non-hydrogen) atoms. The molecule has 10 nitrogen and oxygen atoms in total. The molecule has 162 valence electrons. The van der Waals surface area contributed by atoms with Gasteiger partial charge in [0.2, 0.25) is 0 Å². The van der Waals surface area contributed by atoms with Crippen LogP contribution in [0.25, 0.3) is 0 Å². The van der Waals surface area contributed by atoms with Crippen LogP contribution in [-0.2, 0) is 32.3 Å². The number of carboxylic acid groups (broad SMARTS) is 1. The summed E-state index contributed by atoms with van der Waals surface area (Å²) in [5, 5.41) is 14.5. The number of fused-ring (bicyclic) bond motifs is 1. The smallest absolute Gasteiger partial charge is 0.433 e. The molecule has 2 atom stereocenters. The molecule has 0 radical (unpaired) electrons. The van der Waals surface area contributed by atoms with Gasteiger partial charge in [-0.15, -0.1) is 11.8 Å². The lowest BCUT2D eigenvalue weighted by molar-refractivity contribution is -0.149. The van der Waals surface area contributed by atoms with E-state index in [0.29, 0.717) is 10.7 Å². The number of amides is 2. The highest BCUT2D eigenvalue weighted by Gasteiger charge is 2.54. The second kappa shape index (κ2) is 7.66. The number of alkyl halides is 3. The van der Waals surface area contributed by atoms with Crippen molar-refractivity contribution in [2.75, 3.05) is 12.4 Å². The summed E-state index contributed by atoms with van der Waals surface area (Å²) in [6.45, 7) is 0.855. The highest BCUT2D eigenvalue weighted by atomic mass is 32.2. The summed E-state index contributed by atoms with van der Waals surface area (Å²) in [6, 6.07) is -0.576. The number of rotatable bonds is 5. The van der Waals surface area contributed by atoms with Gasteiger partial charge in [-0.2, -0.15) is 18.3 Å². The third-order valence-corrected chi connectivity index (χ3v) is 5.73. The summed E-state index contributed by atoms with van der Waals surface area (Å²) in [4.78, 5) is 48.3. The maximum Gasteiger partial charge on any atom is 0.433 e. The third kappa shape index (κ3) is 3.86. The molecule has 0 saturated carbocycles. The number of nitrogens with one attached hydrogen (secondary N) is 1. The van der Waals surface area contributed by atoms with E-state index in [1.165, 1.54) is 0 Å². The van der Waals surface area contributed by atoms with Crippen LogP contribution in [0.1, 0.15) is 23.1 Å². The van der Waals surface area contributed by atoms with Crippen molar-refractivity contribution in [2.24, 2.45) is 7.05 Å². The quantitative estimate of drug-likeness (QED) is 0.488. The van der Waals surface area contributed by atoms with Gasteiger partial charge in [0.15, 0.2) is 5.69 Å². The number of hydrogen-bond acceptors (Lipinski definition) is 7. The SMILES string of the molecule is CC(=O)OCC1=C(C(=O)O)N2C(=O)[C@H](NC(=O)c3cc(C(F)(F)F)n(C)n3)[C@@H]2SC1. The Bertz CT molecular complexity index is 973. The number of carboxylic acids is 1. The van der Waals surface area contributed by atoms with E-state index in [9.17, 15) is 37.5 Å². The van der Waals surface area contributed by atoms with Crippen LogP contribution < -0.4 is 5.32 Å². The fraction of sp³-hybridized carbons (Fsp3) is 0.438. The number of thioether (sulfide) groups is 1. The van der Waals surface area contributed by atoms with Crippen molar-refractivity contribution in [1.29, 1.82) is 0 Å². The van der Waals surface area contributed by atoms with Gasteiger partial charge in [0.25, 0.3) is 11.8 Å². The number of ether oxygens (including phenoxy) is 1. The fourth-order valence-electron chi connectivity index (χ4n) is 3.04. The molecule has 1 aromatic heterocycles. The molecule has 0 bridgehead atoms. The van der Waals surface area contributed by atoms with Gasteiger partial charge in [0.1, 0.15) is 29.4 Å². The van der Waals surface area contributed by atoms with Gasteiger partial charge in [0.05, 0.1) is 0 Å². The molecule has 2 aliphatic heterocycles. The maximum absolute atomic E-state index is 12.9. The van der Waals surface area contributed by atoms with Crippen molar-refractivity contribution in [2.45, 2.75) is 24.5 Å². The van der Waals surface area contributed by atoms with E-state index in [0.717, 1.165) is 30.6 Å². The van der Waals surface area contributed by atoms with Crippen molar-refractivity contribution in [1.82, 2.24) is 20.0 Å². The first kappa shape index (κ1) is 21.7. The normalized spacial score (nSPS) is 21.1. The third-order valence-electron chi connectivity index (χ3n) is 4.39. The van der Waals surface area contributed by atoms with Crippen LogP contribution in [0.2, 0.25) is 0 Å². The van der Waals surface area contributed by atoms with Gasteiger partial charge in [-0.25, -0.2) is 4.79 Å². The minimum atomic E-state index is -4.71. The van der Waals surface area contributed by atoms with Crippen molar-refractivity contribution in [3.63, 3.8) is 0 Å². The average molecular weight is 448 g/mol. The largest absolute Gasteiger partial charge is 0.477 e. The summed E-state index contributed by atoms with van der Waals surface area (Å²) < 4.78 is 43.9. The molecule has 3 heterocycles. The highest BCUT2D eigenvalue weighted by molar-refractivity contribution is 8.00. The van der Waals surface area contributed by atoms with E-state index in [-0.39, 0.29) is 23.6 Å². The van der Waals surface area contributed by atoms with Gasteiger partial charge < -0.3 is 15.2 Å². The van der Waals surface area contributed by atoms with Crippen molar-refractivity contribution < 1.29 is 42.2 Å².